The first-order chi connectivity index (χ1) is 10.3. The second-order valence-corrected chi connectivity index (χ2v) is 5.03. The third-order valence-corrected chi connectivity index (χ3v) is 3.43. The van der Waals surface area contributed by atoms with Crippen molar-refractivity contribution in [2.75, 3.05) is 6.54 Å². The van der Waals surface area contributed by atoms with Crippen molar-refractivity contribution in [3.8, 4) is 11.5 Å². The van der Waals surface area contributed by atoms with Gasteiger partial charge in [-0.05, 0) is 43.7 Å². The molecule has 0 aliphatic rings. The molecular formula is C18H18N2O. The van der Waals surface area contributed by atoms with E-state index >= 15 is 0 Å². The molecule has 0 saturated carbocycles. The van der Waals surface area contributed by atoms with Crippen LogP contribution in [0.15, 0.2) is 54.6 Å². The average molecular weight is 278 g/mol. The predicted octanol–water partition coefficient (Wildman–Crippen LogP) is 3.84. The van der Waals surface area contributed by atoms with Crippen LogP contribution in [-0.4, -0.2) is 11.5 Å². The molecule has 0 aliphatic heterocycles. The number of fused-ring (bicyclic) bond motifs is 1. The van der Waals surface area contributed by atoms with E-state index in [2.05, 4.69) is 11.1 Å². The Morgan fingerprint density at radius 2 is 1.76 bits per heavy atom. The second kappa shape index (κ2) is 5.94. The standard InChI is InChI=1S/C18H18N2O/c1-13-9-10-15-6-4-8-17(18(15)20-13)21-16-7-3-2-5-14(16)11-12-19/h2-10H,11-12,19H2,1H3. The monoisotopic (exact) mass is 278 g/mol. The van der Waals surface area contributed by atoms with Crippen LogP contribution in [0.5, 0.6) is 11.5 Å². The number of aromatic nitrogens is 1. The topological polar surface area (TPSA) is 48.1 Å². The Kier molecular flexibility index (Phi) is 3.84. The summed E-state index contributed by atoms with van der Waals surface area (Å²) in [6, 6.07) is 18.0. The van der Waals surface area contributed by atoms with Crippen LogP contribution in [0.2, 0.25) is 0 Å². The molecule has 0 bridgehead atoms. The zero-order valence-corrected chi connectivity index (χ0v) is 12.0. The Hall–Kier alpha value is -2.39. The van der Waals surface area contributed by atoms with E-state index in [-0.39, 0.29) is 0 Å². The van der Waals surface area contributed by atoms with Crippen molar-refractivity contribution in [2.24, 2.45) is 5.73 Å². The number of nitrogens with two attached hydrogens (primary N) is 1. The van der Waals surface area contributed by atoms with E-state index in [0.29, 0.717) is 6.54 Å². The number of para-hydroxylation sites is 2. The highest BCUT2D eigenvalue weighted by Crippen LogP contribution is 2.30. The zero-order valence-electron chi connectivity index (χ0n) is 12.0. The number of benzene rings is 2. The van der Waals surface area contributed by atoms with Crippen LogP contribution in [0.25, 0.3) is 10.9 Å². The fourth-order valence-corrected chi connectivity index (χ4v) is 2.38. The Bertz CT molecular complexity index is 768. The fraction of sp³-hybridized carbons (Fsp3) is 0.167. The molecule has 3 nitrogen and oxygen atoms in total. The van der Waals surface area contributed by atoms with Gasteiger partial charge in [-0.1, -0.05) is 36.4 Å². The molecule has 0 fully saturated rings. The van der Waals surface area contributed by atoms with Crippen molar-refractivity contribution in [1.29, 1.82) is 0 Å². The third kappa shape index (κ3) is 2.88. The summed E-state index contributed by atoms with van der Waals surface area (Å²) in [6.07, 6.45) is 0.799. The van der Waals surface area contributed by atoms with Crippen LogP contribution in [0, 0.1) is 6.92 Å². The molecule has 1 aromatic heterocycles. The van der Waals surface area contributed by atoms with Crippen LogP contribution < -0.4 is 10.5 Å². The van der Waals surface area contributed by atoms with Crippen molar-refractivity contribution in [3.63, 3.8) is 0 Å². The van der Waals surface area contributed by atoms with Crippen LogP contribution in [-0.2, 0) is 6.42 Å². The molecule has 3 rings (SSSR count). The van der Waals surface area contributed by atoms with Gasteiger partial charge in [0.25, 0.3) is 0 Å². The zero-order chi connectivity index (χ0) is 14.7. The minimum atomic E-state index is 0.604. The van der Waals surface area contributed by atoms with Gasteiger partial charge < -0.3 is 10.5 Å². The molecule has 0 amide bonds. The molecule has 0 unspecified atom stereocenters. The lowest BCUT2D eigenvalue weighted by Crippen LogP contribution is -2.04. The van der Waals surface area contributed by atoms with Gasteiger partial charge >= 0.3 is 0 Å². The van der Waals surface area contributed by atoms with Gasteiger partial charge in [0.2, 0.25) is 0 Å². The number of ether oxygens (including phenoxy) is 1. The number of pyridine rings is 1. The molecule has 2 N–H and O–H groups in total. The number of rotatable bonds is 4. The highest BCUT2D eigenvalue weighted by Gasteiger charge is 2.08. The van der Waals surface area contributed by atoms with E-state index in [1.165, 1.54) is 0 Å². The molecule has 3 heteroatoms. The molecule has 3 aromatic rings. The predicted molar refractivity (Wildman–Crippen MR) is 85.8 cm³/mol. The van der Waals surface area contributed by atoms with Crippen molar-refractivity contribution in [3.05, 3.63) is 65.9 Å². The fourth-order valence-electron chi connectivity index (χ4n) is 2.38. The minimum Gasteiger partial charge on any atom is -0.455 e. The molecule has 0 radical (unpaired) electrons. The van der Waals surface area contributed by atoms with E-state index < -0.39 is 0 Å². The number of nitrogens with zero attached hydrogens (tertiary/aromatic N) is 1. The van der Waals surface area contributed by atoms with E-state index in [1.807, 2.05) is 55.5 Å². The molecule has 2 aromatic carbocycles. The van der Waals surface area contributed by atoms with Gasteiger partial charge in [0.15, 0.2) is 5.75 Å². The minimum absolute atomic E-state index is 0.604. The van der Waals surface area contributed by atoms with Gasteiger partial charge in [0.05, 0.1) is 0 Å². The van der Waals surface area contributed by atoms with Crippen LogP contribution in [0.1, 0.15) is 11.3 Å². The first-order valence-electron chi connectivity index (χ1n) is 7.10. The lowest BCUT2D eigenvalue weighted by molar-refractivity contribution is 0.480. The molecule has 1 heterocycles. The smallest absolute Gasteiger partial charge is 0.153 e. The van der Waals surface area contributed by atoms with Crippen molar-refractivity contribution < 1.29 is 4.74 Å². The van der Waals surface area contributed by atoms with Crippen molar-refractivity contribution in [1.82, 2.24) is 4.98 Å². The molecule has 0 aliphatic carbocycles. The number of aryl methyl sites for hydroxylation is 1. The first kappa shape index (κ1) is 13.6. The molecule has 0 spiro atoms. The SMILES string of the molecule is Cc1ccc2cccc(Oc3ccccc3CCN)c2n1. The van der Waals surface area contributed by atoms with Gasteiger partial charge in [0, 0.05) is 11.1 Å². The van der Waals surface area contributed by atoms with Crippen LogP contribution in [0.4, 0.5) is 0 Å². The highest BCUT2D eigenvalue weighted by atomic mass is 16.5. The van der Waals surface area contributed by atoms with Gasteiger partial charge in [-0.2, -0.15) is 0 Å². The Morgan fingerprint density at radius 3 is 2.62 bits per heavy atom. The first-order valence-corrected chi connectivity index (χ1v) is 7.10. The normalized spacial score (nSPS) is 10.8. The maximum Gasteiger partial charge on any atom is 0.153 e. The average Bonchev–Trinajstić information content (AvgIpc) is 2.50. The number of hydrogen-bond donors (Lipinski definition) is 1. The van der Waals surface area contributed by atoms with Gasteiger partial charge in [-0.25, -0.2) is 4.98 Å². The quantitative estimate of drug-likeness (QED) is 0.789. The Balaban J connectivity index is 2.04. The van der Waals surface area contributed by atoms with Gasteiger partial charge in [0.1, 0.15) is 11.3 Å². The summed E-state index contributed by atoms with van der Waals surface area (Å²) in [4.78, 5) is 4.60. The molecule has 0 saturated heterocycles. The second-order valence-electron chi connectivity index (χ2n) is 5.03. The maximum atomic E-state index is 6.11. The van der Waals surface area contributed by atoms with E-state index in [1.54, 1.807) is 0 Å². The van der Waals surface area contributed by atoms with Crippen molar-refractivity contribution >= 4 is 10.9 Å². The molecule has 0 atom stereocenters. The molecule has 21 heavy (non-hydrogen) atoms. The van der Waals surface area contributed by atoms with Crippen LogP contribution >= 0.6 is 0 Å². The van der Waals surface area contributed by atoms with Crippen molar-refractivity contribution in [2.45, 2.75) is 13.3 Å². The van der Waals surface area contributed by atoms with E-state index in [9.17, 15) is 0 Å². The Labute approximate surface area is 124 Å². The maximum absolute atomic E-state index is 6.11. The lowest BCUT2D eigenvalue weighted by Gasteiger charge is -2.12. The van der Waals surface area contributed by atoms with Gasteiger partial charge in [-0.15, -0.1) is 0 Å². The molecule has 106 valence electrons. The largest absolute Gasteiger partial charge is 0.455 e. The molecular weight excluding hydrogens is 260 g/mol. The van der Waals surface area contributed by atoms with E-state index in [4.69, 9.17) is 10.5 Å². The summed E-state index contributed by atoms with van der Waals surface area (Å²) in [7, 11) is 0. The summed E-state index contributed by atoms with van der Waals surface area (Å²) in [5.74, 6) is 1.62. The summed E-state index contributed by atoms with van der Waals surface area (Å²) in [6.45, 7) is 2.59. The van der Waals surface area contributed by atoms with E-state index in [0.717, 1.165) is 40.1 Å². The summed E-state index contributed by atoms with van der Waals surface area (Å²) < 4.78 is 6.11. The third-order valence-electron chi connectivity index (χ3n) is 3.43. The summed E-state index contributed by atoms with van der Waals surface area (Å²) in [5, 5.41) is 1.08. The highest BCUT2D eigenvalue weighted by molar-refractivity contribution is 5.84. The van der Waals surface area contributed by atoms with Crippen LogP contribution in [0.3, 0.4) is 0 Å². The Morgan fingerprint density at radius 1 is 0.952 bits per heavy atom. The summed E-state index contributed by atoms with van der Waals surface area (Å²) in [5.41, 5.74) is 8.65. The number of hydrogen-bond acceptors (Lipinski definition) is 3. The summed E-state index contributed by atoms with van der Waals surface area (Å²) >= 11 is 0. The van der Waals surface area contributed by atoms with Gasteiger partial charge in [-0.3, -0.25) is 0 Å². The lowest BCUT2D eigenvalue weighted by atomic mass is 10.1.